The lowest BCUT2D eigenvalue weighted by Gasteiger charge is -2.11. The Hall–Kier alpha value is -3.14. The molecule has 0 aliphatic carbocycles. The second kappa shape index (κ2) is 6.43. The standard InChI is InChI=1S/C28H16BrNS/c29-17-13-15-18(16-14-17)30-23-11-5-3-9-21(23)25-26-22-10-4-6-12-24(22)31-28(26)20-8-2-1-7-19(20)27(25)30/h1-16H. The number of hydrogen-bond acceptors (Lipinski definition) is 1. The molecule has 31 heavy (non-hydrogen) atoms. The zero-order chi connectivity index (χ0) is 20.5. The monoisotopic (exact) mass is 477 g/mol. The van der Waals surface area contributed by atoms with Crippen molar-refractivity contribution in [3.05, 3.63) is 102 Å². The predicted molar refractivity (Wildman–Crippen MR) is 139 cm³/mol. The molecule has 0 unspecified atom stereocenters. The minimum atomic E-state index is 1.09. The molecule has 146 valence electrons. The molecule has 1 nitrogen and oxygen atoms in total. The minimum Gasteiger partial charge on any atom is -0.309 e. The molecule has 0 radical (unpaired) electrons. The van der Waals surface area contributed by atoms with Crippen LogP contribution in [-0.2, 0) is 0 Å². The molecule has 0 N–H and O–H groups in total. The molecule has 0 aliphatic rings. The van der Waals surface area contributed by atoms with Gasteiger partial charge >= 0.3 is 0 Å². The average molecular weight is 478 g/mol. The van der Waals surface area contributed by atoms with Crippen molar-refractivity contribution in [3.63, 3.8) is 0 Å². The summed E-state index contributed by atoms with van der Waals surface area (Å²) >= 11 is 5.50. The summed E-state index contributed by atoms with van der Waals surface area (Å²) in [5.74, 6) is 0. The van der Waals surface area contributed by atoms with Crippen LogP contribution in [0.4, 0.5) is 0 Å². The molecule has 0 aliphatic heterocycles. The zero-order valence-corrected chi connectivity index (χ0v) is 18.9. The van der Waals surface area contributed by atoms with Crippen LogP contribution in [0.5, 0.6) is 0 Å². The van der Waals surface area contributed by atoms with Crippen LogP contribution in [0.3, 0.4) is 0 Å². The maximum absolute atomic E-state index is 3.59. The lowest BCUT2D eigenvalue weighted by Crippen LogP contribution is -1.94. The van der Waals surface area contributed by atoms with E-state index in [1.165, 1.54) is 58.4 Å². The molecule has 0 spiro atoms. The Labute approximate surface area is 191 Å². The maximum atomic E-state index is 3.59. The van der Waals surface area contributed by atoms with E-state index in [4.69, 9.17) is 0 Å². The predicted octanol–water partition coefficient (Wildman–Crippen LogP) is 9.07. The molecule has 0 amide bonds. The SMILES string of the molecule is Brc1ccc(-n2c3ccccc3c3c4c5ccccc5sc4c4ccccc4c32)cc1. The topological polar surface area (TPSA) is 4.93 Å². The highest BCUT2D eigenvalue weighted by Gasteiger charge is 2.21. The van der Waals surface area contributed by atoms with E-state index in [9.17, 15) is 0 Å². The highest BCUT2D eigenvalue weighted by molar-refractivity contribution is 9.10. The third-order valence-electron chi connectivity index (χ3n) is 6.23. The van der Waals surface area contributed by atoms with Crippen molar-refractivity contribution in [2.24, 2.45) is 0 Å². The van der Waals surface area contributed by atoms with Crippen LogP contribution >= 0.6 is 27.3 Å². The minimum absolute atomic E-state index is 1.09. The fourth-order valence-electron chi connectivity index (χ4n) is 4.98. The molecule has 0 saturated carbocycles. The van der Waals surface area contributed by atoms with Crippen LogP contribution in [0, 0.1) is 0 Å². The summed E-state index contributed by atoms with van der Waals surface area (Å²) in [6, 6.07) is 35.1. The number of fused-ring (bicyclic) bond motifs is 10. The van der Waals surface area contributed by atoms with Gasteiger partial charge in [-0.15, -0.1) is 11.3 Å². The Morgan fingerprint density at radius 2 is 1.23 bits per heavy atom. The first-order valence-corrected chi connectivity index (χ1v) is 11.9. The number of nitrogens with zero attached hydrogens (tertiary/aromatic N) is 1. The molecule has 2 aromatic heterocycles. The zero-order valence-electron chi connectivity index (χ0n) is 16.5. The van der Waals surface area contributed by atoms with E-state index in [0.29, 0.717) is 0 Å². The lowest BCUT2D eigenvalue weighted by atomic mass is 10.00. The molecule has 0 fully saturated rings. The van der Waals surface area contributed by atoms with Crippen LogP contribution in [-0.4, -0.2) is 4.57 Å². The molecule has 0 saturated heterocycles. The Kier molecular flexibility index (Phi) is 3.64. The first kappa shape index (κ1) is 17.5. The van der Waals surface area contributed by atoms with E-state index >= 15 is 0 Å². The number of rotatable bonds is 1. The first-order valence-electron chi connectivity index (χ1n) is 10.3. The van der Waals surface area contributed by atoms with Gasteiger partial charge in [0.2, 0.25) is 0 Å². The molecule has 7 rings (SSSR count). The van der Waals surface area contributed by atoms with E-state index in [1.807, 2.05) is 11.3 Å². The molecular weight excluding hydrogens is 462 g/mol. The van der Waals surface area contributed by atoms with Gasteiger partial charge in [0.25, 0.3) is 0 Å². The summed E-state index contributed by atoms with van der Waals surface area (Å²) in [5, 5.41) is 8.01. The highest BCUT2D eigenvalue weighted by Crippen LogP contribution is 2.47. The summed E-state index contributed by atoms with van der Waals surface area (Å²) in [6.45, 7) is 0. The third kappa shape index (κ3) is 2.36. The van der Waals surface area contributed by atoms with E-state index in [2.05, 4.69) is 118 Å². The highest BCUT2D eigenvalue weighted by atomic mass is 79.9. The average Bonchev–Trinajstić information content (AvgIpc) is 3.36. The normalized spacial score (nSPS) is 12.0. The van der Waals surface area contributed by atoms with E-state index in [1.54, 1.807) is 0 Å². The fourth-order valence-corrected chi connectivity index (χ4v) is 6.49. The molecule has 7 aromatic rings. The molecule has 0 bridgehead atoms. The van der Waals surface area contributed by atoms with Crippen LogP contribution in [0.2, 0.25) is 0 Å². The van der Waals surface area contributed by atoms with Gasteiger partial charge in [0.1, 0.15) is 0 Å². The summed E-state index contributed by atoms with van der Waals surface area (Å²) < 4.78 is 6.25. The van der Waals surface area contributed by atoms with Crippen molar-refractivity contribution in [3.8, 4) is 5.69 Å². The van der Waals surface area contributed by atoms with E-state index in [-0.39, 0.29) is 0 Å². The van der Waals surface area contributed by atoms with Crippen LogP contribution in [0.1, 0.15) is 0 Å². The van der Waals surface area contributed by atoms with Gasteiger partial charge in [-0.05, 0) is 36.4 Å². The number of para-hydroxylation sites is 1. The number of hydrogen-bond donors (Lipinski definition) is 0. The Morgan fingerprint density at radius 3 is 2.03 bits per heavy atom. The van der Waals surface area contributed by atoms with E-state index in [0.717, 1.165) is 4.47 Å². The van der Waals surface area contributed by atoms with Gasteiger partial charge in [0.15, 0.2) is 0 Å². The largest absolute Gasteiger partial charge is 0.309 e. The van der Waals surface area contributed by atoms with Gasteiger partial charge in [-0.1, -0.05) is 76.6 Å². The third-order valence-corrected chi connectivity index (χ3v) is 7.96. The van der Waals surface area contributed by atoms with Gasteiger partial charge in [0.05, 0.1) is 11.0 Å². The van der Waals surface area contributed by atoms with Crippen LogP contribution < -0.4 is 0 Å². The van der Waals surface area contributed by atoms with Crippen molar-refractivity contribution >= 4 is 80.0 Å². The van der Waals surface area contributed by atoms with Crippen LogP contribution in [0.25, 0.3) is 58.4 Å². The number of thiophene rings is 1. The Bertz CT molecular complexity index is 1790. The molecular formula is C28H16BrNS. The summed E-state index contributed by atoms with van der Waals surface area (Å²) in [7, 11) is 0. The molecule has 0 atom stereocenters. The second-order valence-electron chi connectivity index (χ2n) is 7.90. The van der Waals surface area contributed by atoms with Gasteiger partial charge in [0, 0.05) is 51.9 Å². The second-order valence-corrected chi connectivity index (χ2v) is 9.87. The molecule has 2 heterocycles. The van der Waals surface area contributed by atoms with Gasteiger partial charge in [-0.3, -0.25) is 0 Å². The quantitative estimate of drug-likeness (QED) is 0.222. The van der Waals surface area contributed by atoms with E-state index < -0.39 is 0 Å². The lowest BCUT2D eigenvalue weighted by molar-refractivity contribution is 1.18. The van der Waals surface area contributed by atoms with Gasteiger partial charge in [-0.25, -0.2) is 0 Å². The number of benzene rings is 5. The first-order chi connectivity index (χ1) is 15.3. The van der Waals surface area contributed by atoms with Gasteiger partial charge in [-0.2, -0.15) is 0 Å². The maximum Gasteiger partial charge on any atom is 0.0626 e. The number of aromatic nitrogens is 1. The summed E-state index contributed by atoms with van der Waals surface area (Å²) in [5.41, 5.74) is 3.71. The van der Waals surface area contributed by atoms with Crippen molar-refractivity contribution < 1.29 is 0 Å². The van der Waals surface area contributed by atoms with Crippen molar-refractivity contribution in [1.82, 2.24) is 4.57 Å². The fraction of sp³-hybridized carbons (Fsp3) is 0. The Balaban J connectivity index is 1.86. The van der Waals surface area contributed by atoms with Gasteiger partial charge < -0.3 is 4.57 Å². The number of halogens is 1. The van der Waals surface area contributed by atoms with Crippen molar-refractivity contribution in [2.75, 3.05) is 0 Å². The molecule has 3 heteroatoms. The van der Waals surface area contributed by atoms with Crippen molar-refractivity contribution in [2.45, 2.75) is 0 Å². The molecule has 5 aromatic carbocycles. The Morgan fingerprint density at radius 1 is 0.581 bits per heavy atom. The van der Waals surface area contributed by atoms with Crippen LogP contribution in [0.15, 0.2) is 102 Å². The van der Waals surface area contributed by atoms with Crippen molar-refractivity contribution in [1.29, 1.82) is 0 Å². The summed E-state index contributed by atoms with van der Waals surface area (Å²) in [4.78, 5) is 0. The smallest absolute Gasteiger partial charge is 0.0626 e. The summed E-state index contributed by atoms with van der Waals surface area (Å²) in [6.07, 6.45) is 0.